The van der Waals surface area contributed by atoms with E-state index in [4.69, 9.17) is 9.47 Å². The van der Waals surface area contributed by atoms with Gasteiger partial charge in [-0.05, 0) is 18.2 Å². The number of Topliss-reactive ketones (excluding diaryl/α,β-unsaturated/α-hetero) is 1. The summed E-state index contributed by atoms with van der Waals surface area (Å²) in [6.45, 7) is 2.77. The molecule has 0 radical (unpaired) electrons. The molecule has 2 aromatic carbocycles. The maximum atomic E-state index is 12.6. The highest BCUT2D eigenvalue weighted by Gasteiger charge is 2.40. The Balaban J connectivity index is 1.23. The van der Waals surface area contributed by atoms with E-state index < -0.39 is 11.7 Å². The van der Waals surface area contributed by atoms with Crippen LogP contribution in [-0.2, 0) is 9.59 Å². The number of piperidine rings is 1. The Morgan fingerprint density at radius 2 is 1.71 bits per heavy atom. The summed E-state index contributed by atoms with van der Waals surface area (Å²) < 4.78 is 11.2. The molecule has 3 aliphatic heterocycles. The number of ketones is 1. The lowest BCUT2D eigenvalue weighted by molar-refractivity contribution is -0.904. The largest absolute Gasteiger partial charge is 0.486 e. The van der Waals surface area contributed by atoms with E-state index in [2.05, 4.69) is 5.32 Å². The van der Waals surface area contributed by atoms with Gasteiger partial charge in [-0.25, -0.2) is 0 Å². The first-order valence-corrected chi connectivity index (χ1v) is 10.6. The van der Waals surface area contributed by atoms with E-state index in [0.29, 0.717) is 42.6 Å². The number of nitrogens with zero attached hydrogens (tertiary/aromatic N) is 1. The molecule has 8 heteroatoms. The van der Waals surface area contributed by atoms with Crippen molar-refractivity contribution >= 4 is 29.0 Å². The molecule has 2 amide bonds. The van der Waals surface area contributed by atoms with Crippen molar-refractivity contribution in [1.82, 2.24) is 0 Å². The minimum atomic E-state index is -0.520. The van der Waals surface area contributed by atoms with Crippen molar-refractivity contribution in [2.75, 3.05) is 43.2 Å². The van der Waals surface area contributed by atoms with Gasteiger partial charge in [-0.15, -0.1) is 0 Å². The number of quaternary nitrogens is 1. The summed E-state index contributed by atoms with van der Waals surface area (Å²) in [5, 5.41) is 2.97. The minimum Gasteiger partial charge on any atom is -0.486 e. The zero-order chi connectivity index (χ0) is 21.4. The monoisotopic (exact) mass is 422 g/mol. The number of carbonyl (C=O) groups is 3. The quantitative estimate of drug-likeness (QED) is 0.714. The van der Waals surface area contributed by atoms with Crippen molar-refractivity contribution in [3.8, 4) is 11.5 Å². The summed E-state index contributed by atoms with van der Waals surface area (Å²) in [7, 11) is 0. The number of para-hydroxylation sites is 1. The number of carbonyl (C=O) groups excluding carboxylic acids is 3. The van der Waals surface area contributed by atoms with Crippen LogP contribution >= 0.6 is 0 Å². The van der Waals surface area contributed by atoms with Crippen LogP contribution in [0.3, 0.4) is 0 Å². The fourth-order valence-corrected chi connectivity index (χ4v) is 4.42. The third-order valence-corrected chi connectivity index (χ3v) is 6.12. The first-order chi connectivity index (χ1) is 15.1. The Bertz CT molecular complexity index is 1030. The van der Waals surface area contributed by atoms with Crippen LogP contribution in [0.4, 0.5) is 11.4 Å². The normalized spacial score (nSPS) is 22.3. The Morgan fingerprint density at radius 1 is 1.03 bits per heavy atom. The van der Waals surface area contributed by atoms with Crippen molar-refractivity contribution in [2.24, 2.45) is 5.92 Å². The summed E-state index contributed by atoms with van der Waals surface area (Å²) >= 11 is 0. The van der Waals surface area contributed by atoms with Gasteiger partial charge in [0.25, 0.3) is 5.78 Å². The third kappa shape index (κ3) is 3.74. The molecule has 3 aliphatic rings. The van der Waals surface area contributed by atoms with Gasteiger partial charge in [0.05, 0.1) is 24.3 Å². The highest BCUT2D eigenvalue weighted by Crippen LogP contribution is 2.40. The van der Waals surface area contributed by atoms with E-state index in [1.807, 2.05) is 30.3 Å². The van der Waals surface area contributed by atoms with Crippen LogP contribution < -0.4 is 24.6 Å². The summed E-state index contributed by atoms with van der Waals surface area (Å²) in [6, 6.07) is 12.8. The average molecular weight is 422 g/mol. The molecule has 0 bridgehead atoms. The minimum absolute atomic E-state index is 0.0341. The molecular formula is C23H24N3O5+. The molecule has 0 unspecified atom stereocenters. The molecule has 1 fully saturated rings. The third-order valence-electron chi connectivity index (χ3n) is 6.12. The molecule has 31 heavy (non-hydrogen) atoms. The molecule has 8 nitrogen and oxygen atoms in total. The Morgan fingerprint density at radius 3 is 2.42 bits per heavy atom. The maximum Gasteiger partial charge on any atom is 0.303 e. The van der Waals surface area contributed by atoms with Crippen LogP contribution in [0.5, 0.6) is 11.5 Å². The van der Waals surface area contributed by atoms with Gasteiger partial charge < -0.3 is 19.7 Å². The summed E-state index contributed by atoms with van der Waals surface area (Å²) in [5.74, 6) is 0.0168. The SMILES string of the molecule is O=C1C(=O)N(C[NH+]2CCC(C(=O)Nc3ccccc3)CC2)c2cc3c(cc21)OCCO3. The van der Waals surface area contributed by atoms with E-state index >= 15 is 0 Å². The second kappa shape index (κ2) is 8.03. The van der Waals surface area contributed by atoms with E-state index in [-0.39, 0.29) is 11.8 Å². The van der Waals surface area contributed by atoms with Gasteiger partial charge in [0.2, 0.25) is 5.91 Å². The molecule has 3 heterocycles. The van der Waals surface area contributed by atoms with Crippen LogP contribution in [-0.4, -0.2) is 50.6 Å². The molecule has 0 aliphatic carbocycles. The maximum absolute atomic E-state index is 12.6. The molecule has 5 rings (SSSR count). The average Bonchev–Trinajstić information content (AvgIpc) is 3.03. The Hall–Kier alpha value is -3.39. The standard InChI is InChI=1S/C23H23N3O5/c27-21-17-12-19-20(31-11-10-30-19)13-18(17)26(23(21)29)14-25-8-6-15(7-9-25)22(28)24-16-4-2-1-3-5-16/h1-5,12-13,15H,6-11,14H2,(H,24,28)/p+1. The predicted molar refractivity (Wildman–Crippen MR) is 113 cm³/mol. The molecule has 0 spiro atoms. The number of ether oxygens (including phenoxy) is 2. The highest BCUT2D eigenvalue weighted by molar-refractivity contribution is 6.52. The van der Waals surface area contributed by atoms with Gasteiger partial charge in [0, 0.05) is 30.5 Å². The van der Waals surface area contributed by atoms with E-state index in [0.717, 1.165) is 31.6 Å². The van der Waals surface area contributed by atoms with Gasteiger partial charge in [0.1, 0.15) is 13.2 Å². The first kappa shape index (κ1) is 19.6. The van der Waals surface area contributed by atoms with Gasteiger partial charge in [-0.2, -0.15) is 0 Å². The van der Waals surface area contributed by atoms with Crippen molar-refractivity contribution in [2.45, 2.75) is 12.8 Å². The summed E-state index contributed by atoms with van der Waals surface area (Å²) in [6.07, 6.45) is 1.47. The Kier molecular flexibility index (Phi) is 5.07. The topological polar surface area (TPSA) is 89.4 Å². The van der Waals surface area contributed by atoms with Crippen molar-refractivity contribution < 1.29 is 28.8 Å². The van der Waals surface area contributed by atoms with E-state index in [9.17, 15) is 14.4 Å². The smallest absolute Gasteiger partial charge is 0.303 e. The second-order valence-corrected chi connectivity index (χ2v) is 8.11. The van der Waals surface area contributed by atoms with Gasteiger partial charge in [0.15, 0.2) is 18.2 Å². The molecule has 0 aromatic heterocycles. The predicted octanol–water partition coefficient (Wildman–Crippen LogP) is 0.878. The second-order valence-electron chi connectivity index (χ2n) is 8.11. The summed E-state index contributed by atoms with van der Waals surface area (Å²) in [4.78, 5) is 40.4. The zero-order valence-corrected chi connectivity index (χ0v) is 17.1. The number of anilines is 2. The molecule has 1 saturated heterocycles. The van der Waals surface area contributed by atoms with Crippen molar-refractivity contribution in [3.63, 3.8) is 0 Å². The summed E-state index contributed by atoms with van der Waals surface area (Å²) in [5.41, 5.74) is 1.75. The molecule has 2 aromatic rings. The van der Waals surface area contributed by atoms with Crippen LogP contribution in [0.15, 0.2) is 42.5 Å². The van der Waals surface area contributed by atoms with Gasteiger partial charge >= 0.3 is 5.91 Å². The molecular weight excluding hydrogens is 398 g/mol. The lowest BCUT2D eigenvalue weighted by atomic mass is 9.96. The van der Waals surface area contributed by atoms with Crippen LogP contribution in [0.25, 0.3) is 0 Å². The lowest BCUT2D eigenvalue weighted by Crippen LogP contribution is -3.14. The van der Waals surface area contributed by atoms with Gasteiger partial charge in [-0.3, -0.25) is 19.3 Å². The Labute approximate surface area is 179 Å². The molecule has 2 N–H and O–H groups in total. The lowest BCUT2D eigenvalue weighted by Gasteiger charge is -2.31. The van der Waals surface area contributed by atoms with E-state index in [1.54, 1.807) is 12.1 Å². The molecule has 160 valence electrons. The van der Waals surface area contributed by atoms with Crippen molar-refractivity contribution in [3.05, 3.63) is 48.0 Å². The number of rotatable bonds is 4. The first-order valence-electron chi connectivity index (χ1n) is 10.6. The molecule has 0 atom stereocenters. The van der Waals surface area contributed by atoms with E-state index in [1.165, 1.54) is 9.80 Å². The fourth-order valence-electron chi connectivity index (χ4n) is 4.42. The number of nitrogens with one attached hydrogen (secondary N) is 2. The number of amides is 2. The number of hydrogen-bond donors (Lipinski definition) is 2. The number of benzene rings is 2. The van der Waals surface area contributed by atoms with Crippen molar-refractivity contribution in [1.29, 1.82) is 0 Å². The van der Waals surface area contributed by atoms with Crippen LogP contribution in [0.2, 0.25) is 0 Å². The number of hydrogen-bond acceptors (Lipinski definition) is 5. The number of likely N-dealkylation sites (tertiary alicyclic amines) is 1. The highest BCUT2D eigenvalue weighted by atomic mass is 16.6. The van der Waals surface area contributed by atoms with Crippen LogP contribution in [0, 0.1) is 5.92 Å². The zero-order valence-electron chi connectivity index (χ0n) is 17.1. The van der Waals surface area contributed by atoms with Crippen LogP contribution in [0.1, 0.15) is 23.2 Å². The number of fused-ring (bicyclic) bond motifs is 2. The molecule has 0 saturated carbocycles. The van der Waals surface area contributed by atoms with Gasteiger partial charge in [-0.1, -0.05) is 18.2 Å². The fraction of sp³-hybridized carbons (Fsp3) is 0.348.